The van der Waals surface area contributed by atoms with Crippen LogP contribution in [0.4, 0.5) is 0 Å². The van der Waals surface area contributed by atoms with Crippen molar-refractivity contribution in [2.24, 2.45) is 7.05 Å². The number of carbonyl (C=O) groups is 1. The van der Waals surface area contributed by atoms with Gasteiger partial charge in [0.05, 0.1) is 5.69 Å². The SMILES string of the molecule is CCc1cc(CC2(C(=O)O)CCCS2)n(C)n1. The lowest BCUT2D eigenvalue weighted by molar-refractivity contribution is -0.139. The van der Waals surface area contributed by atoms with E-state index in [1.54, 1.807) is 11.8 Å². The molecule has 0 spiro atoms. The van der Waals surface area contributed by atoms with Crippen LogP contribution in [-0.2, 0) is 24.7 Å². The first-order valence-electron chi connectivity index (χ1n) is 5.96. The molecule has 1 fully saturated rings. The van der Waals surface area contributed by atoms with Crippen LogP contribution in [0.25, 0.3) is 0 Å². The average molecular weight is 254 g/mol. The van der Waals surface area contributed by atoms with Gasteiger partial charge in [-0.25, -0.2) is 0 Å². The minimum absolute atomic E-state index is 0.580. The molecule has 1 N–H and O–H groups in total. The maximum Gasteiger partial charge on any atom is 0.320 e. The highest BCUT2D eigenvalue weighted by Gasteiger charge is 2.42. The molecule has 1 aromatic heterocycles. The van der Waals surface area contributed by atoms with E-state index in [1.165, 1.54) is 0 Å². The molecule has 0 amide bonds. The molecule has 2 heterocycles. The van der Waals surface area contributed by atoms with Gasteiger partial charge in [0.2, 0.25) is 0 Å². The second-order valence-corrected chi connectivity index (χ2v) is 6.01. The number of hydrogen-bond acceptors (Lipinski definition) is 3. The zero-order valence-electron chi connectivity index (χ0n) is 10.3. The Morgan fingerprint density at radius 3 is 2.94 bits per heavy atom. The van der Waals surface area contributed by atoms with Gasteiger partial charge >= 0.3 is 5.97 Å². The van der Waals surface area contributed by atoms with Crippen molar-refractivity contribution >= 4 is 17.7 Å². The summed E-state index contributed by atoms with van der Waals surface area (Å²) in [5.74, 6) is 0.268. The highest BCUT2D eigenvalue weighted by molar-refractivity contribution is 8.01. The summed E-state index contributed by atoms with van der Waals surface area (Å²) in [4.78, 5) is 11.5. The third-order valence-corrected chi connectivity index (χ3v) is 4.92. The van der Waals surface area contributed by atoms with Gasteiger partial charge in [-0.3, -0.25) is 9.48 Å². The molecule has 1 aliphatic rings. The van der Waals surface area contributed by atoms with E-state index < -0.39 is 10.7 Å². The third kappa shape index (κ3) is 2.34. The quantitative estimate of drug-likeness (QED) is 0.891. The molecule has 1 aromatic rings. The van der Waals surface area contributed by atoms with Gasteiger partial charge in [-0.05, 0) is 31.1 Å². The number of nitrogens with zero attached hydrogens (tertiary/aromatic N) is 2. The van der Waals surface area contributed by atoms with Crippen LogP contribution in [-0.4, -0.2) is 31.4 Å². The van der Waals surface area contributed by atoms with Crippen LogP contribution < -0.4 is 0 Å². The van der Waals surface area contributed by atoms with Crippen molar-refractivity contribution in [1.29, 1.82) is 0 Å². The molecule has 94 valence electrons. The Bertz CT molecular complexity index is 422. The van der Waals surface area contributed by atoms with Crippen molar-refractivity contribution in [3.05, 3.63) is 17.5 Å². The van der Waals surface area contributed by atoms with Crippen molar-refractivity contribution in [3.63, 3.8) is 0 Å². The first kappa shape index (κ1) is 12.5. The zero-order valence-corrected chi connectivity index (χ0v) is 11.1. The second kappa shape index (κ2) is 4.72. The molecule has 1 saturated heterocycles. The molecule has 0 aliphatic carbocycles. The molecule has 17 heavy (non-hydrogen) atoms. The summed E-state index contributed by atoms with van der Waals surface area (Å²) in [7, 11) is 1.89. The van der Waals surface area contributed by atoms with Gasteiger partial charge in [0.1, 0.15) is 4.75 Å². The van der Waals surface area contributed by atoms with E-state index >= 15 is 0 Å². The van der Waals surface area contributed by atoms with E-state index in [1.807, 2.05) is 17.8 Å². The molecule has 1 atom stereocenters. The summed E-state index contributed by atoms with van der Waals surface area (Å²) < 4.78 is 1.20. The lowest BCUT2D eigenvalue weighted by Gasteiger charge is -2.22. The normalized spacial score (nSPS) is 24.1. The number of hydrogen-bond donors (Lipinski definition) is 1. The Hall–Kier alpha value is -0.970. The fourth-order valence-electron chi connectivity index (χ4n) is 2.28. The Balaban J connectivity index is 2.23. The van der Waals surface area contributed by atoms with Gasteiger partial charge in [0, 0.05) is 19.2 Å². The predicted molar refractivity (Wildman–Crippen MR) is 68.3 cm³/mol. The Labute approximate surface area is 105 Å². The minimum Gasteiger partial charge on any atom is -0.480 e. The Morgan fingerprint density at radius 1 is 1.71 bits per heavy atom. The smallest absolute Gasteiger partial charge is 0.320 e. The van der Waals surface area contributed by atoms with Crippen molar-refractivity contribution in [3.8, 4) is 0 Å². The third-order valence-electron chi connectivity index (χ3n) is 3.35. The molecular weight excluding hydrogens is 236 g/mol. The molecular formula is C12H18N2O2S. The van der Waals surface area contributed by atoms with E-state index in [4.69, 9.17) is 0 Å². The summed E-state index contributed by atoms with van der Waals surface area (Å²) in [5.41, 5.74) is 2.06. The lowest BCUT2D eigenvalue weighted by Crippen LogP contribution is -2.35. The van der Waals surface area contributed by atoms with E-state index in [9.17, 15) is 9.90 Å². The van der Waals surface area contributed by atoms with Crippen molar-refractivity contribution < 1.29 is 9.90 Å². The summed E-state index contributed by atoms with van der Waals surface area (Å²) in [5, 5.41) is 13.8. The molecule has 1 unspecified atom stereocenters. The second-order valence-electron chi connectivity index (χ2n) is 4.53. The number of carboxylic acid groups (broad SMARTS) is 1. The van der Waals surface area contributed by atoms with Gasteiger partial charge in [0.25, 0.3) is 0 Å². The van der Waals surface area contributed by atoms with Crippen LogP contribution in [0.2, 0.25) is 0 Å². The number of carboxylic acids is 1. The molecule has 4 nitrogen and oxygen atoms in total. The van der Waals surface area contributed by atoms with Crippen LogP contribution in [0, 0.1) is 0 Å². The van der Waals surface area contributed by atoms with E-state index in [0.717, 1.165) is 36.4 Å². The van der Waals surface area contributed by atoms with Crippen LogP contribution >= 0.6 is 11.8 Å². The van der Waals surface area contributed by atoms with Gasteiger partial charge in [-0.2, -0.15) is 5.10 Å². The Morgan fingerprint density at radius 2 is 2.47 bits per heavy atom. The molecule has 1 aliphatic heterocycles. The molecule has 5 heteroatoms. The Kier molecular flexibility index (Phi) is 3.47. The molecule has 2 rings (SSSR count). The molecule has 0 aromatic carbocycles. The maximum absolute atomic E-state index is 11.5. The van der Waals surface area contributed by atoms with Gasteiger partial charge in [-0.15, -0.1) is 11.8 Å². The largest absolute Gasteiger partial charge is 0.480 e. The molecule has 0 saturated carbocycles. The minimum atomic E-state index is -0.681. The van der Waals surface area contributed by atoms with E-state index in [2.05, 4.69) is 12.0 Å². The summed E-state index contributed by atoms with van der Waals surface area (Å²) in [6.07, 6.45) is 3.23. The summed E-state index contributed by atoms with van der Waals surface area (Å²) in [6, 6.07) is 2.03. The fourth-order valence-corrected chi connectivity index (χ4v) is 3.62. The van der Waals surface area contributed by atoms with Crippen molar-refractivity contribution in [1.82, 2.24) is 9.78 Å². The van der Waals surface area contributed by atoms with Crippen LogP contribution in [0.3, 0.4) is 0 Å². The lowest BCUT2D eigenvalue weighted by atomic mass is 9.97. The molecule has 0 bridgehead atoms. The number of thioether (sulfide) groups is 1. The number of aryl methyl sites for hydroxylation is 2. The number of rotatable bonds is 4. The fraction of sp³-hybridized carbons (Fsp3) is 0.667. The van der Waals surface area contributed by atoms with Crippen molar-refractivity contribution in [2.45, 2.75) is 37.4 Å². The van der Waals surface area contributed by atoms with Crippen LogP contribution in [0.5, 0.6) is 0 Å². The number of aromatic nitrogens is 2. The molecule has 0 radical (unpaired) electrons. The van der Waals surface area contributed by atoms with E-state index in [-0.39, 0.29) is 0 Å². The topological polar surface area (TPSA) is 55.1 Å². The first-order valence-corrected chi connectivity index (χ1v) is 6.95. The predicted octanol–water partition coefficient (Wildman–Crippen LogP) is 1.88. The standard InChI is InChI=1S/C12H18N2O2S/c1-3-9-7-10(14(2)13-9)8-12(11(15)16)5-4-6-17-12/h7H,3-6,8H2,1-2H3,(H,15,16). The number of aliphatic carboxylic acids is 1. The maximum atomic E-state index is 11.5. The van der Waals surface area contributed by atoms with Crippen LogP contribution in [0.1, 0.15) is 31.2 Å². The average Bonchev–Trinajstić information content (AvgIpc) is 2.88. The highest BCUT2D eigenvalue weighted by atomic mass is 32.2. The van der Waals surface area contributed by atoms with Gasteiger partial charge < -0.3 is 5.11 Å². The highest BCUT2D eigenvalue weighted by Crippen LogP contribution is 2.41. The summed E-state index contributed by atoms with van der Waals surface area (Å²) in [6.45, 7) is 2.06. The summed E-state index contributed by atoms with van der Waals surface area (Å²) >= 11 is 1.58. The zero-order chi connectivity index (χ0) is 12.5. The van der Waals surface area contributed by atoms with E-state index in [0.29, 0.717) is 6.42 Å². The monoisotopic (exact) mass is 254 g/mol. The van der Waals surface area contributed by atoms with Gasteiger partial charge in [0.15, 0.2) is 0 Å². The van der Waals surface area contributed by atoms with Gasteiger partial charge in [-0.1, -0.05) is 6.92 Å². The first-order chi connectivity index (χ1) is 8.07. The van der Waals surface area contributed by atoms with Crippen molar-refractivity contribution in [2.75, 3.05) is 5.75 Å². The van der Waals surface area contributed by atoms with Crippen LogP contribution in [0.15, 0.2) is 6.07 Å².